The molecule has 7 heteroatoms. The number of nitrogens with zero attached hydrogens (tertiary/aromatic N) is 3. The molecule has 2 rings (SSSR count). The van der Waals surface area contributed by atoms with Gasteiger partial charge in [0.05, 0.1) is 0 Å². The first kappa shape index (κ1) is 11.7. The van der Waals surface area contributed by atoms with Gasteiger partial charge in [-0.15, -0.1) is 0 Å². The van der Waals surface area contributed by atoms with Crippen molar-refractivity contribution in [3.63, 3.8) is 0 Å². The van der Waals surface area contributed by atoms with Crippen LogP contribution in [0.1, 0.15) is 12.8 Å². The first-order valence-corrected chi connectivity index (χ1v) is 5.22. The number of aromatic nitrogens is 1. The molecule has 0 N–H and O–H groups in total. The van der Waals surface area contributed by atoms with Gasteiger partial charge < -0.3 is 15.0 Å². The van der Waals surface area contributed by atoms with E-state index in [0.29, 0.717) is 5.82 Å². The Labute approximate surface area is 96.2 Å². The van der Waals surface area contributed by atoms with Crippen molar-refractivity contribution in [3.05, 3.63) is 28.3 Å². The Kier molecular flexibility index (Phi) is 2.91. The van der Waals surface area contributed by atoms with Crippen LogP contribution < -0.4 is 4.90 Å². The smallest absolute Gasteiger partial charge is 0.358 e. The van der Waals surface area contributed by atoms with Gasteiger partial charge in [-0.3, -0.25) is 0 Å². The molecule has 17 heavy (non-hydrogen) atoms. The fourth-order valence-electron chi connectivity index (χ4n) is 1.75. The topological polar surface area (TPSA) is 59.3 Å². The minimum atomic E-state index is -2.63. The predicted octanol–water partition coefficient (Wildman–Crippen LogP) is 2.23. The molecular weight excluding hydrogens is 232 g/mol. The van der Waals surface area contributed by atoms with Crippen molar-refractivity contribution in [2.24, 2.45) is 0 Å². The van der Waals surface area contributed by atoms with Gasteiger partial charge in [-0.05, 0) is 16.0 Å². The summed E-state index contributed by atoms with van der Waals surface area (Å²) < 4.78 is 25.9. The molecule has 0 saturated carbocycles. The lowest BCUT2D eigenvalue weighted by Gasteiger charge is -2.30. The molecule has 92 valence electrons. The van der Waals surface area contributed by atoms with E-state index in [4.69, 9.17) is 0 Å². The molecule has 0 bridgehead atoms. The Morgan fingerprint density at radius 1 is 1.35 bits per heavy atom. The van der Waals surface area contributed by atoms with Crippen LogP contribution in [0.4, 0.5) is 20.4 Å². The number of hydrogen-bond donors (Lipinski definition) is 0. The maximum Gasteiger partial charge on any atom is 0.365 e. The largest absolute Gasteiger partial charge is 0.365 e. The van der Waals surface area contributed by atoms with Crippen molar-refractivity contribution in [1.29, 1.82) is 0 Å². The Hall–Kier alpha value is -1.79. The van der Waals surface area contributed by atoms with Crippen molar-refractivity contribution in [1.82, 2.24) is 4.98 Å². The van der Waals surface area contributed by atoms with Crippen molar-refractivity contribution in [2.75, 3.05) is 18.0 Å². The summed E-state index contributed by atoms with van der Waals surface area (Å²) in [5.74, 6) is -2.51. The standard InChI is InChI=1S/C10H11F2N3O2/c11-10(12)4-6-14(7-5-10)8-2-1-3-9(13-8)15(16)17/h1-3H,4-7H2. The second kappa shape index (κ2) is 4.23. The van der Waals surface area contributed by atoms with Gasteiger partial charge in [0.2, 0.25) is 5.82 Å². The lowest BCUT2D eigenvalue weighted by atomic mass is 10.1. The first-order chi connectivity index (χ1) is 7.98. The SMILES string of the molecule is O=[N+]([O-])c1cccc(N2CCC(F)(F)CC2)n1. The lowest BCUT2D eigenvalue weighted by molar-refractivity contribution is -0.389. The third-order valence-corrected chi connectivity index (χ3v) is 2.73. The summed E-state index contributed by atoms with van der Waals surface area (Å²) >= 11 is 0. The molecule has 0 amide bonds. The Balaban J connectivity index is 2.13. The summed E-state index contributed by atoms with van der Waals surface area (Å²) in [6.07, 6.45) is -0.477. The van der Waals surface area contributed by atoms with Crippen LogP contribution in [0.2, 0.25) is 0 Å². The molecule has 0 radical (unpaired) electrons. The van der Waals surface area contributed by atoms with E-state index in [-0.39, 0.29) is 31.7 Å². The number of rotatable bonds is 2. The van der Waals surface area contributed by atoms with Crippen LogP contribution in [-0.4, -0.2) is 28.9 Å². The third-order valence-electron chi connectivity index (χ3n) is 2.73. The summed E-state index contributed by atoms with van der Waals surface area (Å²) in [4.78, 5) is 15.4. The molecule has 1 saturated heterocycles. The van der Waals surface area contributed by atoms with Crippen molar-refractivity contribution < 1.29 is 13.7 Å². The van der Waals surface area contributed by atoms with Crippen LogP contribution in [0.15, 0.2) is 18.2 Å². The van der Waals surface area contributed by atoms with Gasteiger partial charge in [0.1, 0.15) is 0 Å². The van der Waals surface area contributed by atoms with E-state index in [9.17, 15) is 18.9 Å². The van der Waals surface area contributed by atoms with E-state index < -0.39 is 10.8 Å². The van der Waals surface area contributed by atoms with Crippen molar-refractivity contribution >= 4 is 11.6 Å². The minimum Gasteiger partial charge on any atom is -0.358 e. The number of piperidine rings is 1. The fourth-order valence-corrected chi connectivity index (χ4v) is 1.75. The number of anilines is 1. The molecule has 1 fully saturated rings. The van der Waals surface area contributed by atoms with Crippen LogP contribution in [-0.2, 0) is 0 Å². The molecule has 1 aliphatic heterocycles. The molecule has 1 aromatic heterocycles. The van der Waals surface area contributed by atoms with E-state index in [1.165, 1.54) is 12.1 Å². The highest BCUT2D eigenvalue weighted by Gasteiger charge is 2.35. The highest BCUT2D eigenvalue weighted by molar-refractivity contribution is 5.42. The van der Waals surface area contributed by atoms with Gasteiger partial charge in [0, 0.05) is 38.1 Å². The number of nitro groups is 1. The third kappa shape index (κ3) is 2.66. The van der Waals surface area contributed by atoms with Crippen LogP contribution in [0.25, 0.3) is 0 Å². The molecule has 0 spiro atoms. The van der Waals surface area contributed by atoms with E-state index in [2.05, 4.69) is 4.98 Å². The summed E-state index contributed by atoms with van der Waals surface area (Å²) in [7, 11) is 0. The van der Waals surface area contributed by atoms with Gasteiger partial charge in [-0.2, -0.15) is 0 Å². The monoisotopic (exact) mass is 243 g/mol. The fraction of sp³-hybridized carbons (Fsp3) is 0.500. The molecule has 1 aromatic rings. The molecule has 0 aliphatic carbocycles. The number of halogens is 2. The second-order valence-corrected chi connectivity index (χ2v) is 3.95. The summed E-state index contributed by atoms with van der Waals surface area (Å²) in [6, 6.07) is 4.38. The number of alkyl halides is 2. The van der Waals surface area contributed by atoms with Gasteiger partial charge in [0.25, 0.3) is 5.92 Å². The quantitative estimate of drug-likeness (QED) is 0.590. The maximum absolute atomic E-state index is 12.9. The van der Waals surface area contributed by atoms with Gasteiger partial charge >= 0.3 is 5.82 Å². The van der Waals surface area contributed by atoms with Crippen LogP contribution >= 0.6 is 0 Å². The van der Waals surface area contributed by atoms with Crippen molar-refractivity contribution in [2.45, 2.75) is 18.8 Å². The molecule has 2 heterocycles. The zero-order chi connectivity index (χ0) is 12.5. The Morgan fingerprint density at radius 3 is 2.59 bits per heavy atom. The Bertz CT molecular complexity index is 429. The first-order valence-electron chi connectivity index (χ1n) is 5.22. The summed E-state index contributed by atoms with van der Waals surface area (Å²) in [5.41, 5.74) is 0. The van der Waals surface area contributed by atoms with E-state index in [0.717, 1.165) is 0 Å². The molecule has 0 atom stereocenters. The minimum absolute atomic E-state index is 0.168. The normalized spacial score (nSPS) is 19.1. The van der Waals surface area contributed by atoms with Crippen LogP contribution in [0.3, 0.4) is 0 Å². The highest BCUT2D eigenvalue weighted by Crippen LogP contribution is 2.30. The van der Waals surface area contributed by atoms with Gasteiger partial charge in [0.15, 0.2) is 0 Å². The number of hydrogen-bond acceptors (Lipinski definition) is 4. The van der Waals surface area contributed by atoms with Crippen molar-refractivity contribution in [3.8, 4) is 0 Å². The van der Waals surface area contributed by atoms with E-state index in [1.807, 2.05) is 0 Å². The zero-order valence-electron chi connectivity index (χ0n) is 8.97. The highest BCUT2D eigenvalue weighted by atomic mass is 19.3. The summed E-state index contributed by atoms with van der Waals surface area (Å²) in [6.45, 7) is 0.336. The molecule has 1 aliphatic rings. The predicted molar refractivity (Wildman–Crippen MR) is 57.3 cm³/mol. The number of pyridine rings is 1. The molecule has 0 aromatic carbocycles. The maximum atomic E-state index is 12.9. The van der Waals surface area contributed by atoms with Gasteiger partial charge in [-0.25, -0.2) is 8.78 Å². The van der Waals surface area contributed by atoms with E-state index >= 15 is 0 Å². The Morgan fingerprint density at radius 2 is 2.00 bits per heavy atom. The lowest BCUT2D eigenvalue weighted by Crippen LogP contribution is -2.39. The average Bonchev–Trinajstić information content (AvgIpc) is 2.29. The molecule has 5 nitrogen and oxygen atoms in total. The van der Waals surface area contributed by atoms with Crippen LogP contribution in [0, 0.1) is 10.1 Å². The average molecular weight is 243 g/mol. The zero-order valence-corrected chi connectivity index (χ0v) is 8.97. The molecular formula is C10H11F2N3O2. The van der Waals surface area contributed by atoms with Crippen LogP contribution in [0.5, 0.6) is 0 Å². The summed E-state index contributed by atoms with van der Waals surface area (Å²) in [5, 5.41) is 10.5. The van der Waals surface area contributed by atoms with Gasteiger partial charge in [-0.1, -0.05) is 0 Å². The molecule has 0 unspecified atom stereocenters. The second-order valence-electron chi connectivity index (χ2n) is 3.95. The van der Waals surface area contributed by atoms with E-state index in [1.54, 1.807) is 11.0 Å².